The first kappa shape index (κ1) is 14.6. The van der Waals surface area contributed by atoms with Crippen LogP contribution in [0.2, 0.25) is 0 Å². The van der Waals surface area contributed by atoms with Gasteiger partial charge in [0.15, 0.2) is 0 Å². The van der Waals surface area contributed by atoms with Crippen LogP contribution >= 0.6 is 11.3 Å². The monoisotopic (exact) mass is 277 g/mol. The van der Waals surface area contributed by atoms with Gasteiger partial charge in [-0.3, -0.25) is 0 Å². The summed E-state index contributed by atoms with van der Waals surface area (Å²) < 4.78 is 26.1. The van der Waals surface area contributed by atoms with Crippen LogP contribution in [0.5, 0.6) is 0 Å². The van der Waals surface area contributed by atoms with E-state index in [9.17, 15) is 8.42 Å². The van der Waals surface area contributed by atoms with E-state index in [0.29, 0.717) is 12.6 Å². The van der Waals surface area contributed by atoms with Crippen LogP contribution in [-0.2, 0) is 10.0 Å². The minimum absolute atomic E-state index is 0.0842. The summed E-state index contributed by atoms with van der Waals surface area (Å²) in [5, 5.41) is 5.69. The van der Waals surface area contributed by atoms with E-state index in [1.165, 1.54) is 11.3 Å². The Kier molecular flexibility index (Phi) is 5.51. The first-order valence-electron chi connectivity index (χ1n) is 5.53. The molecule has 1 unspecified atom stereocenters. The lowest BCUT2D eigenvalue weighted by molar-refractivity contribution is 0.555. The van der Waals surface area contributed by atoms with Crippen LogP contribution in [0.4, 0.5) is 0 Å². The fourth-order valence-corrected chi connectivity index (χ4v) is 3.18. The van der Waals surface area contributed by atoms with Crippen LogP contribution in [0.15, 0.2) is 11.6 Å². The Bertz CT molecular complexity index is 415. The van der Waals surface area contributed by atoms with Gasteiger partial charge in [0, 0.05) is 24.2 Å². The van der Waals surface area contributed by atoms with Crippen LogP contribution in [0.1, 0.15) is 31.8 Å². The molecule has 0 fully saturated rings. The summed E-state index contributed by atoms with van der Waals surface area (Å²) in [5.41, 5.74) is 0. The summed E-state index contributed by atoms with van der Waals surface area (Å²) in [4.78, 5) is 4.08. The van der Waals surface area contributed by atoms with Crippen molar-refractivity contribution in [2.24, 2.45) is 0 Å². The maximum absolute atomic E-state index is 11.7. The Hall–Kier alpha value is -0.500. The van der Waals surface area contributed by atoms with Gasteiger partial charge in [0.25, 0.3) is 0 Å². The third-order valence-electron chi connectivity index (χ3n) is 2.10. The van der Waals surface area contributed by atoms with Crippen molar-refractivity contribution in [2.45, 2.75) is 32.9 Å². The number of sulfonamides is 1. The van der Waals surface area contributed by atoms with Crippen LogP contribution in [0.25, 0.3) is 0 Å². The minimum atomic E-state index is -3.25. The third-order valence-corrected chi connectivity index (χ3v) is 4.51. The topological polar surface area (TPSA) is 71.1 Å². The predicted octanol–water partition coefficient (Wildman–Crippen LogP) is 1.12. The zero-order chi connectivity index (χ0) is 12.9. The van der Waals surface area contributed by atoms with Gasteiger partial charge in [-0.05, 0) is 6.92 Å². The molecule has 0 aliphatic heterocycles. The SMILES string of the molecule is CC(C)NCCS(=O)(=O)NC(C)c1nccs1. The molecule has 2 N–H and O–H groups in total. The van der Waals surface area contributed by atoms with E-state index >= 15 is 0 Å². The van der Waals surface area contributed by atoms with E-state index < -0.39 is 10.0 Å². The first-order valence-corrected chi connectivity index (χ1v) is 8.06. The largest absolute Gasteiger partial charge is 0.313 e. The van der Waals surface area contributed by atoms with Gasteiger partial charge in [-0.15, -0.1) is 11.3 Å². The summed E-state index contributed by atoms with van der Waals surface area (Å²) in [6, 6.07) is 0.0284. The minimum Gasteiger partial charge on any atom is -0.313 e. The fourth-order valence-electron chi connectivity index (χ4n) is 1.31. The van der Waals surface area contributed by atoms with Gasteiger partial charge >= 0.3 is 0 Å². The maximum atomic E-state index is 11.7. The van der Waals surface area contributed by atoms with E-state index in [1.54, 1.807) is 13.1 Å². The van der Waals surface area contributed by atoms with E-state index in [-0.39, 0.29) is 11.8 Å². The fraction of sp³-hybridized carbons (Fsp3) is 0.700. The molecule has 0 bridgehead atoms. The van der Waals surface area contributed by atoms with Crippen molar-refractivity contribution >= 4 is 21.4 Å². The van der Waals surface area contributed by atoms with Crippen molar-refractivity contribution in [1.82, 2.24) is 15.0 Å². The Labute approximate surface area is 107 Å². The average molecular weight is 277 g/mol. The molecular formula is C10H19N3O2S2. The molecular weight excluding hydrogens is 258 g/mol. The molecule has 5 nitrogen and oxygen atoms in total. The second-order valence-corrected chi connectivity index (χ2v) is 6.94. The molecule has 0 saturated heterocycles. The van der Waals surface area contributed by atoms with Crippen molar-refractivity contribution in [3.8, 4) is 0 Å². The average Bonchev–Trinajstić information content (AvgIpc) is 2.68. The molecule has 1 aromatic heterocycles. The van der Waals surface area contributed by atoms with Crippen molar-refractivity contribution in [3.05, 3.63) is 16.6 Å². The number of nitrogens with one attached hydrogen (secondary N) is 2. The molecule has 7 heteroatoms. The maximum Gasteiger partial charge on any atom is 0.213 e. The predicted molar refractivity (Wildman–Crippen MR) is 70.6 cm³/mol. The van der Waals surface area contributed by atoms with Gasteiger partial charge in [-0.1, -0.05) is 13.8 Å². The number of thiazole rings is 1. The van der Waals surface area contributed by atoms with Crippen LogP contribution in [0, 0.1) is 0 Å². The standard InChI is InChI=1S/C10H19N3O2S2/c1-8(2)11-5-7-17(14,15)13-9(3)10-12-4-6-16-10/h4,6,8-9,11,13H,5,7H2,1-3H3. The normalized spacial score (nSPS) is 14.1. The highest BCUT2D eigenvalue weighted by atomic mass is 32.2. The Morgan fingerprint density at radius 2 is 2.12 bits per heavy atom. The smallest absolute Gasteiger partial charge is 0.213 e. The highest BCUT2D eigenvalue weighted by molar-refractivity contribution is 7.89. The molecule has 0 saturated carbocycles. The molecule has 1 rings (SSSR count). The molecule has 0 radical (unpaired) electrons. The number of nitrogens with zero attached hydrogens (tertiary/aromatic N) is 1. The first-order chi connectivity index (χ1) is 7.91. The molecule has 0 amide bonds. The van der Waals surface area contributed by atoms with Crippen molar-refractivity contribution in [2.75, 3.05) is 12.3 Å². The van der Waals surface area contributed by atoms with E-state index in [2.05, 4.69) is 15.0 Å². The van der Waals surface area contributed by atoms with Gasteiger partial charge in [0.05, 0.1) is 11.8 Å². The van der Waals surface area contributed by atoms with E-state index in [0.717, 1.165) is 5.01 Å². The number of hydrogen-bond donors (Lipinski definition) is 2. The second-order valence-electron chi connectivity index (χ2n) is 4.14. The van der Waals surface area contributed by atoms with Crippen molar-refractivity contribution in [3.63, 3.8) is 0 Å². The van der Waals surface area contributed by atoms with Gasteiger partial charge in [-0.2, -0.15) is 0 Å². The lowest BCUT2D eigenvalue weighted by Gasteiger charge is -2.13. The van der Waals surface area contributed by atoms with Gasteiger partial charge in [-0.25, -0.2) is 18.1 Å². The Balaban J connectivity index is 2.44. The molecule has 1 heterocycles. The molecule has 0 aromatic carbocycles. The van der Waals surface area contributed by atoms with Crippen LogP contribution in [0.3, 0.4) is 0 Å². The second kappa shape index (κ2) is 6.44. The summed E-state index contributed by atoms with van der Waals surface area (Å²) in [7, 11) is -3.25. The third kappa shape index (κ3) is 5.58. The van der Waals surface area contributed by atoms with Crippen LogP contribution < -0.4 is 10.0 Å². The van der Waals surface area contributed by atoms with Crippen molar-refractivity contribution in [1.29, 1.82) is 0 Å². The molecule has 0 aliphatic rings. The zero-order valence-corrected chi connectivity index (χ0v) is 11.9. The highest BCUT2D eigenvalue weighted by Crippen LogP contribution is 2.15. The van der Waals surface area contributed by atoms with Gasteiger partial charge in [0.2, 0.25) is 10.0 Å². The Morgan fingerprint density at radius 3 is 2.65 bits per heavy atom. The Morgan fingerprint density at radius 1 is 1.41 bits per heavy atom. The molecule has 0 spiro atoms. The lowest BCUT2D eigenvalue weighted by Crippen LogP contribution is -2.35. The van der Waals surface area contributed by atoms with Crippen molar-refractivity contribution < 1.29 is 8.42 Å². The highest BCUT2D eigenvalue weighted by Gasteiger charge is 2.16. The number of rotatable bonds is 7. The molecule has 1 aromatic rings. The lowest BCUT2D eigenvalue weighted by atomic mass is 10.4. The number of hydrogen-bond acceptors (Lipinski definition) is 5. The summed E-state index contributed by atoms with van der Waals surface area (Å²) in [5.74, 6) is 0.0842. The molecule has 1 atom stereocenters. The van der Waals surface area contributed by atoms with Gasteiger partial charge in [0.1, 0.15) is 5.01 Å². The summed E-state index contributed by atoms with van der Waals surface area (Å²) in [6.07, 6.45) is 1.67. The number of aromatic nitrogens is 1. The van der Waals surface area contributed by atoms with E-state index in [4.69, 9.17) is 0 Å². The molecule has 17 heavy (non-hydrogen) atoms. The quantitative estimate of drug-likeness (QED) is 0.783. The van der Waals surface area contributed by atoms with Crippen LogP contribution in [-0.4, -0.2) is 31.7 Å². The van der Waals surface area contributed by atoms with E-state index in [1.807, 2.05) is 19.2 Å². The summed E-state index contributed by atoms with van der Waals surface area (Å²) in [6.45, 7) is 6.22. The molecule has 0 aliphatic carbocycles. The molecule has 98 valence electrons. The summed E-state index contributed by atoms with van der Waals surface area (Å²) >= 11 is 1.45. The zero-order valence-electron chi connectivity index (χ0n) is 10.3. The van der Waals surface area contributed by atoms with Gasteiger partial charge < -0.3 is 5.32 Å².